The Hall–Kier alpha value is -2.82. The molecular formula is C18H19NO4. The third kappa shape index (κ3) is 4.32. The Morgan fingerprint density at radius 3 is 2.48 bits per heavy atom. The molecule has 0 saturated carbocycles. The zero-order valence-corrected chi connectivity index (χ0v) is 13.4. The molecule has 23 heavy (non-hydrogen) atoms. The van der Waals surface area contributed by atoms with Crippen LogP contribution in [0.15, 0.2) is 36.4 Å². The van der Waals surface area contributed by atoms with Crippen LogP contribution in [0.2, 0.25) is 0 Å². The largest absolute Gasteiger partial charge is 0.497 e. The van der Waals surface area contributed by atoms with Crippen LogP contribution in [0, 0.1) is 13.8 Å². The van der Waals surface area contributed by atoms with E-state index in [1.54, 1.807) is 43.5 Å². The van der Waals surface area contributed by atoms with Gasteiger partial charge in [0.2, 0.25) is 0 Å². The zero-order chi connectivity index (χ0) is 16.8. The third-order valence-electron chi connectivity index (χ3n) is 3.32. The normalized spacial score (nSPS) is 10.0. The molecule has 0 aliphatic heterocycles. The predicted octanol–water partition coefficient (Wildman–Crippen LogP) is 3.14. The molecule has 0 bridgehead atoms. The number of hydrogen-bond acceptors (Lipinski definition) is 4. The van der Waals surface area contributed by atoms with E-state index in [-0.39, 0.29) is 12.5 Å². The SMILES string of the molecule is COc1cccc(NC(=O)COc2c(C)cc(C=O)cc2C)c1. The Labute approximate surface area is 135 Å². The highest BCUT2D eigenvalue weighted by molar-refractivity contribution is 5.92. The van der Waals surface area contributed by atoms with Gasteiger partial charge in [0.25, 0.3) is 5.91 Å². The first-order chi connectivity index (χ1) is 11.0. The predicted molar refractivity (Wildman–Crippen MR) is 88.4 cm³/mol. The van der Waals surface area contributed by atoms with Crippen molar-refractivity contribution in [1.82, 2.24) is 0 Å². The van der Waals surface area contributed by atoms with Gasteiger partial charge in [0.05, 0.1) is 7.11 Å². The molecule has 1 N–H and O–H groups in total. The van der Waals surface area contributed by atoms with Crippen molar-refractivity contribution in [3.05, 3.63) is 53.1 Å². The minimum absolute atomic E-state index is 0.112. The molecule has 0 aliphatic carbocycles. The molecule has 0 spiro atoms. The molecular weight excluding hydrogens is 294 g/mol. The van der Waals surface area contributed by atoms with Crippen LogP contribution in [0.25, 0.3) is 0 Å². The quantitative estimate of drug-likeness (QED) is 0.832. The van der Waals surface area contributed by atoms with Crippen molar-refractivity contribution >= 4 is 17.9 Å². The first-order valence-electron chi connectivity index (χ1n) is 7.16. The van der Waals surface area contributed by atoms with Crippen LogP contribution in [0.4, 0.5) is 5.69 Å². The molecule has 0 unspecified atom stereocenters. The van der Waals surface area contributed by atoms with E-state index < -0.39 is 0 Å². The lowest BCUT2D eigenvalue weighted by Crippen LogP contribution is -2.20. The van der Waals surface area contributed by atoms with E-state index in [0.717, 1.165) is 17.4 Å². The number of aryl methyl sites for hydroxylation is 2. The molecule has 1 amide bonds. The first-order valence-corrected chi connectivity index (χ1v) is 7.16. The summed E-state index contributed by atoms with van der Waals surface area (Å²) in [6.45, 7) is 3.57. The van der Waals surface area contributed by atoms with Gasteiger partial charge in [-0.1, -0.05) is 6.07 Å². The number of aldehydes is 1. The minimum Gasteiger partial charge on any atom is -0.497 e. The Bertz CT molecular complexity index is 702. The molecule has 0 aliphatic rings. The van der Waals surface area contributed by atoms with Gasteiger partial charge in [0.15, 0.2) is 6.61 Å². The van der Waals surface area contributed by atoms with Crippen LogP contribution in [0.1, 0.15) is 21.5 Å². The van der Waals surface area contributed by atoms with E-state index in [1.807, 2.05) is 13.8 Å². The molecule has 0 fully saturated rings. The highest BCUT2D eigenvalue weighted by atomic mass is 16.5. The van der Waals surface area contributed by atoms with Crippen LogP contribution < -0.4 is 14.8 Å². The molecule has 120 valence electrons. The van der Waals surface area contributed by atoms with Crippen molar-refractivity contribution in [1.29, 1.82) is 0 Å². The van der Waals surface area contributed by atoms with Gasteiger partial charge < -0.3 is 14.8 Å². The number of amides is 1. The summed E-state index contributed by atoms with van der Waals surface area (Å²) in [5.41, 5.74) is 2.87. The smallest absolute Gasteiger partial charge is 0.262 e. The van der Waals surface area contributed by atoms with Gasteiger partial charge in [-0.25, -0.2) is 0 Å². The molecule has 5 nitrogen and oxygen atoms in total. The number of ether oxygens (including phenoxy) is 2. The second-order valence-electron chi connectivity index (χ2n) is 5.17. The van der Waals surface area contributed by atoms with Crippen LogP contribution in [0.3, 0.4) is 0 Å². The van der Waals surface area contributed by atoms with Crippen molar-refractivity contribution in [3.63, 3.8) is 0 Å². The van der Waals surface area contributed by atoms with Gasteiger partial charge in [0.1, 0.15) is 17.8 Å². The van der Waals surface area contributed by atoms with Gasteiger partial charge in [-0.05, 0) is 49.2 Å². The van der Waals surface area contributed by atoms with E-state index in [1.165, 1.54) is 0 Å². The minimum atomic E-state index is -0.267. The Morgan fingerprint density at radius 1 is 1.17 bits per heavy atom. The molecule has 2 aromatic carbocycles. The summed E-state index contributed by atoms with van der Waals surface area (Å²) in [4.78, 5) is 22.8. The number of anilines is 1. The number of benzene rings is 2. The van der Waals surface area contributed by atoms with E-state index in [0.29, 0.717) is 22.7 Å². The number of carbonyl (C=O) groups excluding carboxylic acids is 2. The fourth-order valence-corrected chi connectivity index (χ4v) is 2.32. The molecule has 0 heterocycles. The number of carbonyl (C=O) groups is 2. The zero-order valence-electron chi connectivity index (χ0n) is 13.4. The van der Waals surface area contributed by atoms with Gasteiger partial charge >= 0.3 is 0 Å². The van der Waals surface area contributed by atoms with E-state index >= 15 is 0 Å². The third-order valence-corrected chi connectivity index (χ3v) is 3.32. The number of hydrogen-bond donors (Lipinski definition) is 1. The van der Waals surface area contributed by atoms with Crippen molar-refractivity contribution in [2.45, 2.75) is 13.8 Å². The highest BCUT2D eigenvalue weighted by Gasteiger charge is 2.09. The lowest BCUT2D eigenvalue weighted by molar-refractivity contribution is -0.118. The summed E-state index contributed by atoms with van der Waals surface area (Å²) in [6.07, 6.45) is 0.791. The van der Waals surface area contributed by atoms with E-state index in [9.17, 15) is 9.59 Å². The maximum absolute atomic E-state index is 12.0. The molecule has 2 rings (SSSR count). The number of methoxy groups -OCH3 is 1. The lowest BCUT2D eigenvalue weighted by Gasteiger charge is -2.13. The summed E-state index contributed by atoms with van der Waals surface area (Å²) in [5, 5.41) is 2.75. The van der Waals surface area contributed by atoms with Gasteiger partial charge in [-0.3, -0.25) is 9.59 Å². The number of nitrogens with one attached hydrogen (secondary N) is 1. The maximum atomic E-state index is 12.0. The topological polar surface area (TPSA) is 64.6 Å². The second-order valence-corrected chi connectivity index (χ2v) is 5.17. The molecule has 0 saturated heterocycles. The van der Waals surface area contributed by atoms with Crippen molar-refractivity contribution in [3.8, 4) is 11.5 Å². The van der Waals surface area contributed by atoms with Gasteiger partial charge in [0, 0.05) is 17.3 Å². The maximum Gasteiger partial charge on any atom is 0.262 e. The Morgan fingerprint density at radius 2 is 1.87 bits per heavy atom. The van der Waals surface area contributed by atoms with Gasteiger partial charge in [-0.15, -0.1) is 0 Å². The van der Waals surface area contributed by atoms with E-state index in [4.69, 9.17) is 9.47 Å². The summed E-state index contributed by atoms with van der Waals surface area (Å²) in [6, 6.07) is 10.6. The molecule has 5 heteroatoms. The van der Waals surface area contributed by atoms with Crippen LogP contribution in [-0.2, 0) is 4.79 Å². The van der Waals surface area contributed by atoms with Crippen LogP contribution >= 0.6 is 0 Å². The standard InChI is InChI=1S/C18H19NO4/c1-12-7-14(10-20)8-13(2)18(12)23-11-17(21)19-15-5-4-6-16(9-15)22-3/h4-10H,11H2,1-3H3,(H,19,21). The Kier molecular flexibility index (Phi) is 5.36. The van der Waals surface area contributed by atoms with Crippen molar-refractivity contribution in [2.24, 2.45) is 0 Å². The number of rotatable bonds is 6. The van der Waals surface area contributed by atoms with Crippen LogP contribution in [0.5, 0.6) is 11.5 Å². The first kappa shape index (κ1) is 16.5. The lowest BCUT2D eigenvalue weighted by atomic mass is 10.1. The monoisotopic (exact) mass is 313 g/mol. The van der Waals surface area contributed by atoms with Crippen molar-refractivity contribution in [2.75, 3.05) is 19.0 Å². The van der Waals surface area contributed by atoms with Crippen molar-refractivity contribution < 1.29 is 19.1 Å². The molecule has 0 radical (unpaired) electrons. The average molecular weight is 313 g/mol. The van der Waals surface area contributed by atoms with E-state index in [2.05, 4.69) is 5.32 Å². The molecule has 2 aromatic rings. The van der Waals surface area contributed by atoms with Gasteiger partial charge in [-0.2, -0.15) is 0 Å². The summed E-state index contributed by atoms with van der Waals surface area (Å²) >= 11 is 0. The highest BCUT2D eigenvalue weighted by Crippen LogP contribution is 2.24. The summed E-state index contributed by atoms with van der Waals surface area (Å²) < 4.78 is 10.7. The average Bonchev–Trinajstić information content (AvgIpc) is 2.54. The molecule has 0 atom stereocenters. The second kappa shape index (κ2) is 7.45. The van der Waals surface area contributed by atoms with Crippen LogP contribution in [-0.4, -0.2) is 25.9 Å². The summed E-state index contributed by atoms with van der Waals surface area (Å²) in [7, 11) is 1.57. The fourth-order valence-electron chi connectivity index (χ4n) is 2.32. The fraction of sp³-hybridized carbons (Fsp3) is 0.222. The molecule has 0 aromatic heterocycles. The Balaban J connectivity index is 2.00. The summed E-state index contributed by atoms with van der Waals surface area (Å²) in [5.74, 6) is 1.02.